The molecule has 2 heterocycles. The fourth-order valence-electron chi connectivity index (χ4n) is 1.77. The fourth-order valence-corrected chi connectivity index (χ4v) is 2.73. The van der Waals surface area contributed by atoms with Gasteiger partial charge in [-0.3, -0.25) is 0 Å². The molecular weight excluding hydrogens is 248 g/mol. The van der Waals surface area contributed by atoms with Crippen LogP contribution in [-0.2, 0) is 19.6 Å². The molecule has 6 nitrogen and oxygen atoms in total. The van der Waals surface area contributed by atoms with E-state index in [0.717, 1.165) is 35.6 Å². The van der Waals surface area contributed by atoms with E-state index in [0.29, 0.717) is 6.54 Å². The van der Waals surface area contributed by atoms with Crippen LogP contribution in [0.3, 0.4) is 0 Å². The quantitative estimate of drug-likeness (QED) is 0.791. The number of thioether (sulfide) groups is 1. The molecule has 98 valence electrons. The molecular formula is C11H18N6S. The number of aromatic nitrogens is 5. The molecule has 0 saturated heterocycles. The minimum atomic E-state index is 0.433. The lowest BCUT2D eigenvalue weighted by atomic mass is 10.6. The lowest BCUT2D eigenvalue weighted by Gasteiger charge is -2.07. The van der Waals surface area contributed by atoms with Crippen molar-refractivity contribution in [1.29, 1.82) is 0 Å². The summed E-state index contributed by atoms with van der Waals surface area (Å²) in [6.45, 7) is 6.29. The van der Waals surface area contributed by atoms with Crippen molar-refractivity contribution in [3.05, 3.63) is 24.0 Å². The van der Waals surface area contributed by atoms with E-state index in [1.165, 1.54) is 0 Å². The molecule has 2 N–H and O–H groups in total. The summed E-state index contributed by atoms with van der Waals surface area (Å²) in [6.07, 6.45) is 3.81. The fraction of sp³-hybridized carbons (Fsp3) is 0.545. The Labute approximate surface area is 111 Å². The Balaban J connectivity index is 1.94. The zero-order valence-electron chi connectivity index (χ0n) is 10.7. The highest BCUT2D eigenvalue weighted by atomic mass is 32.2. The van der Waals surface area contributed by atoms with Crippen LogP contribution in [0.25, 0.3) is 0 Å². The van der Waals surface area contributed by atoms with Gasteiger partial charge < -0.3 is 14.9 Å². The minimum Gasteiger partial charge on any atom is -0.334 e. The number of aryl methyl sites for hydroxylation is 2. The van der Waals surface area contributed by atoms with Gasteiger partial charge in [-0.1, -0.05) is 11.8 Å². The summed E-state index contributed by atoms with van der Waals surface area (Å²) < 4.78 is 4.19. The summed E-state index contributed by atoms with van der Waals surface area (Å²) in [5.41, 5.74) is 5.62. The van der Waals surface area contributed by atoms with Crippen molar-refractivity contribution in [3.63, 3.8) is 0 Å². The summed E-state index contributed by atoms with van der Waals surface area (Å²) in [4.78, 5) is 4.20. The molecule has 7 heteroatoms. The van der Waals surface area contributed by atoms with Crippen LogP contribution in [0, 0.1) is 6.92 Å². The van der Waals surface area contributed by atoms with E-state index in [1.807, 2.05) is 19.3 Å². The van der Waals surface area contributed by atoms with Crippen LogP contribution in [0.4, 0.5) is 0 Å². The van der Waals surface area contributed by atoms with Gasteiger partial charge in [0.15, 0.2) is 5.16 Å². The Bertz CT molecular complexity index is 503. The molecule has 0 atom stereocenters. The molecule has 0 saturated carbocycles. The minimum absolute atomic E-state index is 0.433. The second-order valence-electron chi connectivity index (χ2n) is 3.86. The molecule has 0 aliphatic rings. The maximum absolute atomic E-state index is 5.62. The second kappa shape index (κ2) is 6.01. The molecule has 0 bridgehead atoms. The normalized spacial score (nSPS) is 11.1. The first-order valence-electron chi connectivity index (χ1n) is 5.99. The molecule has 2 rings (SSSR count). The van der Waals surface area contributed by atoms with Crippen molar-refractivity contribution in [3.8, 4) is 0 Å². The van der Waals surface area contributed by atoms with Crippen LogP contribution in [0.15, 0.2) is 17.6 Å². The standard InChI is InChI=1S/C11H18N6S/c1-3-17-10(8-12)14-15-11(17)18-7-6-16-5-4-13-9(16)2/h4-5H,3,6-8,12H2,1-2H3. The first-order chi connectivity index (χ1) is 8.76. The van der Waals surface area contributed by atoms with Gasteiger partial charge in [-0.05, 0) is 13.8 Å². The largest absolute Gasteiger partial charge is 0.334 e. The number of nitrogens with two attached hydrogens (primary N) is 1. The highest BCUT2D eigenvalue weighted by Crippen LogP contribution is 2.17. The van der Waals surface area contributed by atoms with E-state index in [-0.39, 0.29) is 0 Å². The summed E-state index contributed by atoms with van der Waals surface area (Å²) in [5, 5.41) is 9.20. The SMILES string of the molecule is CCn1c(CN)nnc1SCCn1ccnc1C. The molecule has 0 aromatic carbocycles. The molecule has 0 aliphatic heterocycles. The lowest BCUT2D eigenvalue weighted by Crippen LogP contribution is -2.08. The number of imidazole rings is 1. The third-order valence-corrected chi connectivity index (χ3v) is 3.73. The van der Waals surface area contributed by atoms with Crippen molar-refractivity contribution >= 4 is 11.8 Å². The Morgan fingerprint density at radius 3 is 2.83 bits per heavy atom. The summed E-state index contributed by atoms with van der Waals surface area (Å²) in [6, 6.07) is 0. The average Bonchev–Trinajstić information content (AvgIpc) is 2.96. The molecule has 0 spiro atoms. The maximum Gasteiger partial charge on any atom is 0.191 e. The Hall–Kier alpha value is -1.34. The van der Waals surface area contributed by atoms with Crippen LogP contribution < -0.4 is 5.73 Å². The van der Waals surface area contributed by atoms with Crippen molar-refractivity contribution in [1.82, 2.24) is 24.3 Å². The molecule has 18 heavy (non-hydrogen) atoms. The first kappa shape index (κ1) is 13.1. The highest BCUT2D eigenvalue weighted by molar-refractivity contribution is 7.99. The van der Waals surface area contributed by atoms with Gasteiger partial charge in [0.1, 0.15) is 11.6 Å². The second-order valence-corrected chi connectivity index (χ2v) is 4.93. The van der Waals surface area contributed by atoms with Crippen LogP contribution in [0.2, 0.25) is 0 Å². The lowest BCUT2D eigenvalue weighted by molar-refractivity contribution is 0.641. The van der Waals surface area contributed by atoms with Gasteiger partial charge in [-0.15, -0.1) is 10.2 Å². The summed E-state index contributed by atoms with van der Waals surface area (Å²) in [5.74, 6) is 2.83. The van der Waals surface area contributed by atoms with Gasteiger partial charge in [0.2, 0.25) is 0 Å². The van der Waals surface area contributed by atoms with Gasteiger partial charge in [-0.25, -0.2) is 4.98 Å². The first-order valence-corrected chi connectivity index (χ1v) is 6.97. The third kappa shape index (κ3) is 2.73. The van der Waals surface area contributed by atoms with E-state index in [2.05, 4.69) is 31.2 Å². The van der Waals surface area contributed by atoms with Crippen molar-refractivity contribution < 1.29 is 0 Å². The van der Waals surface area contributed by atoms with Crippen LogP contribution in [0.5, 0.6) is 0 Å². The van der Waals surface area contributed by atoms with E-state index in [9.17, 15) is 0 Å². The Morgan fingerprint density at radius 2 is 2.22 bits per heavy atom. The number of rotatable bonds is 6. The smallest absolute Gasteiger partial charge is 0.191 e. The predicted molar refractivity (Wildman–Crippen MR) is 71.3 cm³/mol. The van der Waals surface area contributed by atoms with E-state index >= 15 is 0 Å². The highest BCUT2D eigenvalue weighted by Gasteiger charge is 2.09. The maximum atomic E-state index is 5.62. The number of hydrogen-bond donors (Lipinski definition) is 1. The van der Waals surface area contributed by atoms with Crippen molar-refractivity contribution in [2.24, 2.45) is 5.73 Å². The van der Waals surface area contributed by atoms with Gasteiger partial charge in [0, 0.05) is 31.2 Å². The summed E-state index contributed by atoms with van der Waals surface area (Å²) in [7, 11) is 0. The molecule has 0 fully saturated rings. The molecule has 2 aromatic heterocycles. The van der Waals surface area contributed by atoms with Crippen molar-refractivity contribution in [2.45, 2.75) is 38.6 Å². The molecule has 0 unspecified atom stereocenters. The van der Waals surface area contributed by atoms with Gasteiger partial charge in [0.25, 0.3) is 0 Å². The Kier molecular flexibility index (Phi) is 4.38. The third-order valence-electron chi connectivity index (χ3n) is 2.78. The topological polar surface area (TPSA) is 74.6 Å². The predicted octanol–water partition coefficient (Wildman–Crippen LogP) is 1.05. The van der Waals surface area contributed by atoms with Crippen LogP contribution in [-0.4, -0.2) is 30.1 Å². The number of hydrogen-bond acceptors (Lipinski definition) is 5. The van der Waals surface area contributed by atoms with Gasteiger partial charge >= 0.3 is 0 Å². The average molecular weight is 266 g/mol. The van der Waals surface area contributed by atoms with Crippen LogP contribution in [0.1, 0.15) is 18.6 Å². The van der Waals surface area contributed by atoms with Crippen molar-refractivity contribution in [2.75, 3.05) is 5.75 Å². The van der Waals surface area contributed by atoms with Crippen LogP contribution >= 0.6 is 11.8 Å². The van der Waals surface area contributed by atoms with Gasteiger partial charge in [-0.2, -0.15) is 0 Å². The molecule has 0 radical (unpaired) electrons. The monoisotopic (exact) mass is 266 g/mol. The summed E-state index contributed by atoms with van der Waals surface area (Å²) >= 11 is 1.70. The zero-order chi connectivity index (χ0) is 13.0. The molecule has 0 aliphatic carbocycles. The zero-order valence-corrected chi connectivity index (χ0v) is 11.5. The van der Waals surface area contributed by atoms with Gasteiger partial charge in [0.05, 0.1) is 6.54 Å². The molecule has 2 aromatic rings. The van der Waals surface area contributed by atoms with E-state index in [1.54, 1.807) is 11.8 Å². The molecule has 0 amide bonds. The Morgan fingerprint density at radius 1 is 1.39 bits per heavy atom. The van der Waals surface area contributed by atoms with E-state index < -0.39 is 0 Å². The van der Waals surface area contributed by atoms with E-state index in [4.69, 9.17) is 5.73 Å². The number of nitrogens with zero attached hydrogens (tertiary/aromatic N) is 5.